The van der Waals surface area contributed by atoms with Crippen LogP contribution >= 0.6 is 0 Å². The van der Waals surface area contributed by atoms with E-state index in [4.69, 9.17) is 0 Å². The minimum absolute atomic E-state index is 0.0831. The molecule has 0 aliphatic carbocycles. The van der Waals surface area contributed by atoms with Gasteiger partial charge in [0.05, 0.1) is 11.5 Å². The highest BCUT2D eigenvalue weighted by atomic mass is 32.2. The summed E-state index contributed by atoms with van der Waals surface area (Å²) in [4.78, 5) is 13.1. The Morgan fingerprint density at radius 1 is 1.20 bits per heavy atom. The zero-order chi connectivity index (χ0) is 18.8. The zero-order valence-corrected chi connectivity index (χ0v) is 14.3. The quantitative estimate of drug-likeness (QED) is 0.587. The van der Waals surface area contributed by atoms with Crippen molar-refractivity contribution < 1.29 is 26.5 Å². The Labute approximate surface area is 143 Å². The van der Waals surface area contributed by atoms with E-state index in [1.165, 1.54) is 17.0 Å². The molecule has 11 heteroatoms. The van der Waals surface area contributed by atoms with Gasteiger partial charge < -0.3 is 4.90 Å². The first kappa shape index (κ1) is 19.4. The van der Waals surface area contributed by atoms with Crippen molar-refractivity contribution in [3.05, 3.63) is 28.3 Å². The van der Waals surface area contributed by atoms with E-state index in [1.54, 1.807) is 4.90 Å². The average molecular weight is 381 g/mol. The van der Waals surface area contributed by atoms with Crippen LogP contribution in [0.5, 0.6) is 0 Å². The van der Waals surface area contributed by atoms with E-state index in [1.807, 2.05) is 0 Å². The van der Waals surface area contributed by atoms with Gasteiger partial charge in [0, 0.05) is 32.4 Å². The Morgan fingerprint density at radius 2 is 1.88 bits per heavy atom. The Morgan fingerprint density at radius 3 is 2.44 bits per heavy atom. The van der Waals surface area contributed by atoms with Gasteiger partial charge in [-0.1, -0.05) is 6.07 Å². The van der Waals surface area contributed by atoms with E-state index >= 15 is 0 Å². The van der Waals surface area contributed by atoms with Gasteiger partial charge in [0.15, 0.2) is 9.84 Å². The summed E-state index contributed by atoms with van der Waals surface area (Å²) in [5, 5.41) is 11.4. The third-order valence-corrected chi connectivity index (χ3v) is 5.02. The molecular weight excluding hydrogens is 363 g/mol. The molecule has 2 rings (SSSR count). The molecule has 0 bridgehead atoms. The number of anilines is 1. The Bertz CT molecular complexity index is 752. The maximum Gasteiger partial charge on any atom is 0.401 e. The van der Waals surface area contributed by atoms with Crippen molar-refractivity contribution in [3.8, 4) is 0 Å². The van der Waals surface area contributed by atoms with Gasteiger partial charge in [0.25, 0.3) is 0 Å². The number of nitrogens with zero attached hydrogens (tertiary/aromatic N) is 3. The Hall–Kier alpha value is -1.88. The summed E-state index contributed by atoms with van der Waals surface area (Å²) in [6, 6.07) is 3.98. The maximum absolute atomic E-state index is 12.5. The van der Waals surface area contributed by atoms with E-state index in [0.29, 0.717) is 13.0 Å². The monoisotopic (exact) mass is 381 g/mol. The highest BCUT2D eigenvalue weighted by molar-refractivity contribution is 7.90. The fourth-order valence-electron chi connectivity index (χ4n) is 2.87. The molecule has 1 saturated heterocycles. The van der Waals surface area contributed by atoms with E-state index in [-0.39, 0.29) is 25.3 Å². The molecule has 0 radical (unpaired) electrons. The highest BCUT2D eigenvalue weighted by Gasteiger charge is 2.33. The summed E-state index contributed by atoms with van der Waals surface area (Å²) in [7, 11) is -3.81. The molecule has 0 saturated carbocycles. The third-order valence-electron chi connectivity index (χ3n) is 3.89. The van der Waals surface area contributed by atoms with E-state index in [9.17, 15) is 31.7 Å². The fourth-order valence-corrected chi connectivity index (χ4v) is 3.73. The van der Waals surface area contributed by atoms with Gasteiger partial charge in [-0.25, -0.2) is 8.42 Å². The van der Waals surface area contributed by atoms with Crippen molar-refractivity contribution in [2.24, 2.45) is 0 Å². The molecule has 1 aromatic rings. The number of hydrogen-bond acceptors (Lipinski definition) is 6. The molecule has 0 unspecified atom stereocenters. The van der Waals surface area contributed by atoms with Crippen LogP contribution in [0.15, 0.2) is 23.1 Å². The standard InChI is InChI=1S/C14H18F3N3O4S/c1-25(23,24)12-5-2-4-11(13(12)20(21)22)19-7-3-6-18(8-9-19)10-14(15,16)17/h2,4-5H,3,6-10H2,1H3. The molecule has 1 aliphatic heterocycles. The Balaban J connectivity index is 2.32. The summed E-state index contributed by atoms with van der Waals surface area (Å²) in [6.07, 6.45) is -3.04. The topological polar surface area (TPSA) is 83.8 Å². The normalized spacial score (nSPS) is 17.4. The Kier molecular flexibility index (Phi) is 5.57. The number of benzene rings is 1. The lowest BCUT2D eigenvalue weighted by Gasteiger charge is -2.24. The predicted octanol–water partition coefficient (Wildman–Crippen LogP) is 2.07. The summed E-state index contributed by atoms with van der Waals surface area (Å²) < 4.78 is 61.2. The SMILES string of the molecule is CS(=O)(=O)c1cccc(N2CCCN(CC(F)(F)F)CC2)c1[N+](=O)[O-]. The van der Waals surface area contributed by atoms with Crippen molar-refractivity contribution in [2.45, 2.75) is 17.5 Å². The molecule has 0 N–H and O–H groups in total. The largest absolute Gasteiger partial charge is 0.401 e. The van der Waals surface area contributed by atoms with E-state index in [0.717, 1.165) is 12.3 Å². The van der Waals surface area contributed by atoms with Crippen molar-refractivity contribution in [1.82, 2.24) is 4.90 Å². The fraction of sp³-hybridized carbons (Fsp3) is 0.571. The zero-order valence-electron chi connectivity index (χ0n) is 13.5. The van der Waals surface area contributed by atoms with Crippen LogP contribution in [-0.2, 0) is 9.84 Å². The molecule has 0 atom stereocenters. The molecule has 0 aromatic heterocycles. The molecule has 1 heterocycles. The maximum atomic E-state index is 12.5. The molecule has 140 valence electrons. The number of halogens is 3. The van der Waals surface area contributed by atoms with Crippen molar-refractivity contribution >= 4 is 21.2 Å². The number of nitro groups is 1. The highest BCUT2D eigenvalue weighted by Crippen LogP contribution is 2.35. The molecule has 1 aromatic carbocycles. The second-order valence-corrected chi connectivity index (χ2v) is 7.87. The molecular formula is C14H18F3N3O4S. The summed E-state index contributed by atoms with van der Waals surface area (Å²) >= 11 is 0. The molecule has 0 amide bonds. The van der Waals surface area contributed by atoms with E-state index < -0.39 is 38.1 Å². The van der Waals surface area contributed by atoms with Crippen molar-refractivity contribution in [1.29, 1.82) is 0 Å². The lowest BCUT2D eigenvalue weighted by atomic mass is 10.2. The van der Waals surface area contributed by atoms with Gasteiger partial charge in [0.2, 0.25) is 0 Å². The molecule has 1 aliphatic rings. The lowest BCUT2D eigenvalue weighted by Crippen LogP contribution is -2.37. The van der Waals surface area contributed by atoms with Crippen LogP contribution in [0.2, 0.25) is 0 Å². The first-order valence-electron chi connectivity index (χ1n) is 7.50. The van der Waals surface area contributed by atoms with Gasteiger partial charge in [-0.05, 0) is 18.6 Å². The second-order valence-electron chi connectivity index (χ2n) is 5.89. The lowest BCUT2D eigenvalue weighted by molar-refractivity contribution is -0.387. The first-order chi connectivity index (χ1) is 11.5. The van der Waals surface area contributed by atoms with Crippen LogP contribution in [0, 0.1) is 10.1 Å². The van der Waals surface area contributed by atoms with Gasteiger partial charge in [-0.3, -0.25) is 15.0 Å². The van der Waals surface area contributed by atoms with Crippen LogP contribution in [0.3, 0.4) is 0 Å². The summed E-state index contributed by atoms with van der Waals surface area (Å²) in [6.45, 7) is -0.284. The van der Waals surface area contributed by atoms with Crippen LogP contribution in [0.1, 0.15) is 6.42 Å². The summed E-state index contributed by atoms with van der Waals surface area (Å²) in [5.41, 5.74) is -0.420. The molecule has 7 nitrogen and oxygen atoms in total. The first-order valence-corrected chi connectivity index (χ1v) is 9.40. The van der Waals surface area contributed by atoms with Crippen molar-refractivity contribution in [2.75, 3.05) is 43.9 Å². The number of sulfone groups is 1. The summed E-state index contributed by atoms with van der Waals surface area (Å²) in [5.74, 6) is 0. The minimum atomic E-state index is -4.31. The van der Waals surface area contributed by atoms with Gasteiger partial charge in [-0.15, -0.1) is 0 Å². The smallest absolute Gasteiger partial charge is 0.365 e. The van der Waals surface area contributed by atoms with Crippen LogP contribution in [0.4, 0.5) is 24.5 Å². The van der Waals surface area contributed by atoms with Crippen molar-refractivity contribution in [3.63, 3.8) is 0 Å². The van der Waals surface area contributed by atoms with Crippen LogP contribution < -0.4 is 4.90 Å². The number of rotatable bonds is 4. The number of nitro benzene ring substituents is 1. The molecule has 0 spiro atoms. The molecule has 25 heavy (non-hydrogen) atoms. The minimum Gasteiger partial charge on any atom is -0.365 e. The predicted molar refractivity (Wildman–Crippen MR) is 85.5 cm³/mol. The number of para-hydroxylation sites is 1. The number of hydrogen-bond donors (Lipinski definition) is 0. The van der Waals surface area contributed by atoms with Gasteiger partial charge >= 0.3 is 11.9 Å². The van der Waals surface area contributed by atoms with Gasteiger partial charge in [0.1, 0.15) is 10.6 Å². The van der Waals surface area contributed by atoms with E-state index in [2.05, 4.69) is 0 Å². The second kappa shape index (κ2) is 7.16. The molecule has 1 fully saturated rings. The number of alkyl halides is 3. The third kappa shape index (κ3) is 5.05. The average Bonchev–Trinajstić information content (AvgIpc) is 2.69. The van der Waals surface area contributed by atoms with Crippen LogP contribution in [-0.4, -0.2) is 63.4 Å². The van der Waals surface area contributed by atoms with Gasteiger partial charge in [-0.2, -0.15) is 13.2 Å². The van der Waals surface area contributed by atoms with Crippen LogP contribution in [0.25, 0.3) is 0 Å².